The number of hydrogen-bond donors (Lipinski definition) is 1. The van der Waals surface area contributed by atoms with Gasteiger partial charge in [-0.15, -0.1) is 0 Å². The van der Waals surface area contributed by atoms with Crippen LogP contribution in [0.15, 0.2) is 59.1 Å². The first-order valence-corrected chi connectivity index (χ1v) is 12.7. The Bertz CT molecular complexity index is 1290. The first kappa shape index (κ1) is 23.5. The molecule has 1 N–H and O–H groups in total. The van der Waals surface area contributed by atoms with E-state index in [9.17, 15) is 9.59 Å². The van der Waals surface area contributed by atoms with Crippen molar-refractivity contribution in [3.63, 3.8) is 0 Å². The summed E-state index contributed by atoms with van der Waals surface area (Å²) in [7, 11) is 1.71. The summed E-state index contributed by atoms with van der Waals surface area (Å²) in [5, 5.41) is 6.67. The summed E-state index contributed by atoms with van der Waals surface area (Å²) >= 11 is 0. The van der Waals surface area contributed by atoms with E-state index in [-0.39, 0.29) is 18.2 Å². The lowest BCUT2D eigenvalue weighted by Gasteiger charge is -2.53. The first-order chi connectivity index (χ1) is 18.0. The average Bonchev–Trinajstić information content (AvgIpc) is 3.34. The predicted molar refractivity (Wildman–Crippen MR) is 137 cm³/mol. The van der Waals surface area contributed by atoms with Crippen LogP contribution in [0.2, 0.25) is 0 Å². The van der Waals surface area contributed by atoms with Crippen molar-refractivity contribution >= 4 is 23.2 Å². The van der Waals surface area contributed by atoms with Gasteiger partial charge in [0, 0.05) is 56.9 Å². The summed E-state index contributed by atoms with van der Waals surface area (Å²) in [4.78, 5) is 30.1. The molecule has 1 spiro atoms. The van der Waals surface area contributed by atoms with Gasteiger partial charge in [0.25, 0.3) is 11.8 Å². The van der Waals surface area contributed by atoms with Crippen LogP contribution in [0.1, 0.15) is 34.7 Å². The average molecular weight is 503 g/mol. The zero-order valence-corrected chi connectivity index (χ0v) is 20.8. The number of benzene rings is 2. The number of nitrogens with zero attached hydrogens (tertiary/aromatic N) is 3. The van der Waals surface area contributed by atoms with E-state index in [1.54, 1.807) is 18.0 Å². The Labute approximate surface area is 215 Å². The summed E-state index contributed by atoms with van der Waals surface area (Å²) in [6.07, 6.45) is 2.71. The van der Waals surface area contributed by atoms with Gasteiger partial charge in [0.2, 0.25) is 0 Å². The lowest BCUT2D eigenvalue weighted by atomic mass is 9.73. The van der Waals surface area contributed by atoms with Crippen LogP contribution in [0.4, 0.5) is 11.4 Å². The van der Waals surface area contributed by atoms with E-state index in [2.05, 4.69) is 15.4 Å². The molecule has 3 aliphatic rings. The van der Waals surface area contributed by atoms with Gasteiger partial charge in [0.05, 0.1) is 5.69 Å². The van der Waals surface area contributed by atoms with Gasteiger partial charge in [-0.2, -0.15) is 0 Å². The molecular formula is C28H30N4O5. The number of anilines is 2. The van der Waals surface area contributed by atoms with E-state index in [0.717, 1.165) is 50.4 Å². The van der Waals surface area contributed by atoms with Crippen LogP contribution in [-0.4, -0.2) is 63.0 Å². The van der Waals surface area contributed by atoms with E-state index < -0.39 is 11.9 Å². The van der Waals surface area contributed by atoms with Gasteiger partial charge >= 0.3 is 0 Å². The minimum atomic E-state index is -0.850. The van der Waals surface area contributed by atoms with Crippen molar-refractivity contribution in [1.29, 1.82) is 0 Å². The molecule has 0 aliphatic carbocycles. The summed E-state index contributed by atoms with van der Waals surface area (Å²) in [6, 6.07) is 16.5. The smallest absolute Gasteiger partial charge is 0.274 e. The number of amides is 2. The van der Waals surface area contributed by atoms with Crippen LogP contribution in [0.25, 0.3) is 0 Å². The molecule has 2 fully saturated rings. The molecule has 0 saturated carbocycles. The molecule has 0 bridgehead atoms. The molecule has 9 nitrogen and oxygen atoms in total. The minimum absolute atomic E-state index is 0.0306. The third-order valence-electron chi connectivity index (χ3n) is 7.63. The number of fused-ring (bicyclic) bond motifs is 1. The Hall–Kier alpha value is -3.85. The highest BCUT2D eigenvalue weighted by Gasteiger charge is 2.44. The van der Waals surface area contributed by atoms with Crippen LogP contribution in [0, 0.1) is 5.41 Å². The van der Waals surface area contributed by atoms with Crippen molar-refractivity contribution in [3.8, 4) is 5.75 Å². The molecule has 0 radical (unpaired) electrons. The SMILES string of the molecule is CN1C(=O)C(NC(=O)c2cc(Cc3ccccc3)on2)COc2ccc(N3CC4(CCOCC4)C3)cc21. The summed E-state index contributed by atoms with van der Waals surface area (Å²) in [5.41, 5.74) is 3.29. The van der Waals surface area contributed by atoms with Gasteiger partial charge in [0.1, 0.15) is 24.2 Å². The minimum Gasteiger partial charge on any atom is -0.489 e. The summed E-state index contributed by atoms with van der Waals surface area (Å²) in [6.45, 7) is 3.69. The largest absolute Gasteiger partial charge is 0.489 e. The van der Waals surface area contributed by atoms with E-state index in [4.69, 9.17) is 14.0 Å². The van der Waals surface area contributed by atoms with Crippen LogP contribution < -0.4 is 19.9 Å². The number of nitrogens with one attached hydrogen (secondary N) is 1. The Balaban J connectivity index is 1.11. The molecule has 37 heavy (non-hydrogen) atoms. The summed E-state index contributed by atoms with van der Waals surface area (Å²) < 4.78 is 16.8. The third kappa shape index (κ3) is 4.67. The molecule has 1 unspecified atom stereocenters. The second-order valence-electron chi connectivity index (χ2n) is 10.2. The molecule has 3 aliphatic heterocycles. The highest BCUT2D eigenvalue weighted by atomic mass is 16.5. The molecule has 2 aromatic carbocycles. The number of ether oxygens (including phenoxy) is 2. The molecule has 2 amide bonds. The van der Waals surface area contributed by atoms with Crippen LogP contribution >= 0.6 is 0 Å². The Morgan fingerprint density at radius 3 is 2.68 bits per heavy atom. The van der Waals surface area contributed by atoms with Gasteiger partial charge in [-0.05, 0) is 36.6 Å². The van der Waals surface area contributed by atoms with Gasteiger partial charge in [0.15, 0.2) is 5.69 Å². The third-order valence-corrected chi connectivity index (χ3v) is 7.63. The fraction of sp³-hybridized carbons (Fsp3) is 0.393. The zero-order chi connectivity index (χ0) is 25.4. The van der Waals surface area contributed by atoms with Crippen molar-refractivity contribution in [1.82, 2.24) is 10.5 Å². The number of rotatable bonds is 5. The monoisotopic (exact) mass is 502 g/mol. The van der Waals surface area contributed by atoms with E-state index >= 15 is 0 Å². The van der Waals surface area contributed by atoms with Crippen molar-refractivity contribution in [3.05, 3.63) is 71.6 Å². The predicted octanol–water partition coefficient (Wildman–Crippen LogP) is 3.04. The topological polar surface area (TPSA) is 97.1 Å². The fourth-order valence-electron chi connectivity index (χ4n) is 5.39. The van der Waals surface area contributed by atoms with Crippen LogP contribution in [-0.2, 0) is 16.0 Å². The lowest BCUT2D eigenvalue weighted by molar-refractivity contribution is -0.120. The van der Waals surface area contributed by atoms with Crippen molar-refractivity contribution in [2.75, 3.05) is 49.8 Å². The normalized spacial score (nSPS) is 20.6. The highest BCUT2D eigenvalue weighted by molar-refractivity contribution is 6.03. The molecule has 6 rings (SSSR count). The second-order valence-corrected chi connectivity index (χ2v) is 10.2. The molecule has 2 saturated heterocycles. The molecule has 3 aromatic rings. The van der Waals surface area contributed by atoms with E-state index in [0.29, 0.717) is 29.0 Å². The van der Waals surface area contributed by atoms with Crippen LogP contribution in [0.3, 0.4) is 0 Å². The number of hydrogen-bond acceptors (Lipinski definition) is 7. The molecule has 9 heteroatoms. The Morgan fingerprint density at radius 2 is 1.89 bits per heavy atom. The maximum atomic E-state index is 13.3. The molecule has 1 aromatic heterocycles. The number of aromatic nitrogens is 1. The van der Waals surface area contributed by atoms with Gasteiger partial charge in [-0.25, -0.2) is 0 Å². The fourth-order valence-corrected chi connectivity index (χ4v) is 5.39. The maximum absolute atomic E-state index is 13.3. The highest BCUT2D eigenvalue weighted by Crippen LogP contribution is 2.44. The van der Waals surface area contributed by atoms with Crippen molar-refractivity contribution in [2.24, 2.45) is 5.41 Å². The standard InChI is InChI=1S/C28H30N4O5/c1-31-24-14-20(32-17-28(18-32)9-11-35-12-10-28)7-8-25(24)36-16-23(27(31)34)29-26(33)22-15-21(37-30-22)13-19-5-3-2-4-6-19/h2-8,14-15,23H,9-13,16-18H2,1H3,(H,29,33). The number of likely N-dealkylation sites (N-methyl/N-ethyl adjacent to an activating group) is 1. The van der Waals surface area contributed by atoms with E-state index in [1.807, 2.05) is 48.5 Å². The second kappa shape index (κ2) is 9.55. The lowest BCUT2D eigenvalue weighted by Crippen LogP contribution is -2.58. The molecule has 4 heterocycles. The maximum Gasteiger partial charge on any atom is 0.274 e. The molecular weight excluding hydrogens is 472 g/mol. The zero-order valence-electron chi connectivity index (χ0n) is 20.8. The van der Waals surface area contributed by atoms with Crippen molar-refractivity contribution < 1.29 is 23.6 Å². The van der Waals surface area contributed by atoms with Gasteiger partial charge in [-0.1, -0.05) is 35.5 Å². The van der Waals surface area contributed by atoms with Crippen LogP contribution in [0.5, 0.6) is 5.75 Å². The summed E-state index contributed by atoms with van der Waals surface area (Å²) in [5.74, 6) is 0.462. The molecule has 1 atom stereocenters. The van der Waals surface area contributed by atoms with E-state index in [1.165, 1.54) is 0 Å². The van der Waals surface area contributed by atoms with Gasteiger partial charge < -0.3 is 29.1 Å². The Kier molecular flexibility index (Phi) is 6.08. The first-order valence-electron chi connectivity index (χ1n) is 12.7. The number of carbonyl (C=O) groups excluding carboxylic acids is 2. The van der Waals surface area contributed by atoms with Crippen molar-refractivity contribution in [2.45, 2.75) is 25.3 Å². The number of carbonyl (C=O) groups is 2. The quantitative estimate of drug-likeness (QED) is 0.573. The van der Waals surface area contributed by atoms with Gasteiger partial charge in [-0.3, -0.25) is 9.59 Å². The molecule has 192 valence electrons. The Morgan fingerprint density at radius 1 is 1.11 bits per heavy atom.